The summed E-state index contributed by atoms with van der Waals surface area (Å²) < 4.78 is 42.7. The average molecular weight is 363 g/mol. The van der Waals surface area contributed by atoms with Crippen LogP contribution in [0.4, 0.5) is 13.2 Å². The lowest BCUT2D eigenvalue weighted by Gasteiger charge is -2.19. The van der Waals surface area contributed by atoms with E-state index in [9.17, 15) is 28.2 Å². The third-order valence-corrected chi connectivity index (χ3v) is 3.89. The fourth-order valence-electron chi connectivity index (χ4n) is 2.45. The predicted molar refractivity (Wildman–Crippen MR) is 82.2 cm³/mol. The molecule has 130 valence electrons. The van der Waals surface area contributed by atoms with Crippen LogP contribution >= 0.6 is 11.6 Å². The molecule has 0 saturated carbocycles. The molecule has 2 rings (SSSR count). The monoisotopic (exact) mass is 362 g/mol. The van der Waals surface area contributed by atoms with Crippen LogP contribution in [0.3, 0.4) is 0 Å². The number of methoxy groups -OCH3 is 1. The van der Waals surface area contributed by atoms with Crippen molar-refractivity contribution in [2.24, 2.45) is 0 Å². The number of phenolic OH excluding ortho intramolecular Hbond substituents is 1. The number of carbonyl (C=O) groups is 1. The second-order valence-electron chi connectivity index (χ2n) is 5.23. The molecule has 0 radical (unpaired) electrons. The maximum Gasteiger partial charge on any atom is 0.454 e. The van der Waals surface area contributed by atoms with Crippen LogP contribution in [0.2, 0.25) is 5.02 Å². The topological polar surface area (TPSA) is 66.8 Å². The Labute approximate surface area is 140 Å². The van der Waals surface area contributed by atoms with Crippen LogP contribution in [0.25, 0.3) is 6.08 Å². The summed E-state index contributed by atoms with van der Waals surface area (Å²) in [6.07, 6.45) is -3.15. The van der Waals surface area contributed by atoms with Crippen molar-refractivity contribution in [2.45, 2.75) is 25.4 Å². The van der Waals surface area contributed by atoms with E-state index in [4.69, 9.17) is 16.3 Å². The molecular formula is C16H14ClF3O4. The summed E-state index contributed by atoms with van der Waals surface area (Å²) >= 11 is 5.85. The number of aliphatic hydroxyl groups is 1. The molecule has 2 N–H and O–H groups in total. The molecule has 24 heavy (non-hydrogen) atoms. The van der Waals surface area contributed by atoms with Crippen molar-refractivity contribution < 1.29 is 32.9 Å². The molecule has 4 nitrogen and oxygen atoms in total. The second-order valence-corrected chi connectivity index (χ2v) is 5.64. The number of halogens is 4. The van der Waals surface area contributed by atoms with E-state index in [0.717, 1.165) is 0 Å². The van der Waals surface area contributed by atoms with E-state index in [0.29, 0.717) is 18.4 Å². The molecule has 0 bridgehead atoms. The first-order valence-corrected chi connectivity index (χ1v) is 7.34. The minimum atomic E-state index is -5.03. The first-order chi connectivity index (χ1) is 11.1. The van der Waals surface area contributed by atoms with Gasteiger partial charge in [-0.2, -0.15) is 13.2 Å². The third kappa shape index (κ3) is 3.67. The van der Waals surface area contributed by atoms with Crippen LogP contribution in [0.1, 0.15) is 24.8 Å². The Balaban J connectivity index is 2.47. The zero-order chi connectivity index (χ0) is 18.1. The molecule has 0 aromatic heterocycles. The van der Waals surface area contributed by atoms with Gasteiger partial charge in [-0.1, -0.05) is 11.6 Å². The number of benzene rings is 1. The normalized spacial score (nSPS) is 17.3. The molecule has 0 spiro atoms. The summed E-state index contributed by atoms with van der Waals surface area (Å²) in [4.78, 5) is 11.4. The molecule has 0 saturated heterocycles. The van der Waals surface area contributed by atoms with Crippen molar-refractivity contribution in [3.63, 3.8) is 0 Å². The van der Waals surface area contributed by atoms with E-state index in [1.165, 1.54) is 25.3 Å². The molecule has 0 amide bonds. The Bertz CT molecular complexity index is 736. The highest BCUT2D eigenvalue weighted by molar-refractivity contribution is 6.32. The van der Waals surface area contributed by atoms with Crippen molar-refractivity contribution in [1.82, 2.24) is 0 Å². The quantitative estimate of drug-likeness (QED) is 0.827. The lowest BCUT2D eigenvalue weighted by atomic mass is 9.89. The molecular weight excluding hydrogens is 349 g/mol. The lowest BCUT2D eigenvalue weighted by molar-refractivity contribution is -0.167. The maximum absolute atomic E-state index is 12.6. The van der Waals surface area contributed by atoms with Gasteiger partial charge in [0.1, 0.15) is 5.76 Å². The van der Waals surface area contributed by atoms with Gasteiger partial charge in [-0.3, -0.25) is 4.79 Å². The fraction of sp³-hybridized carbons (Fsp3) is 0.312. The molecule has 0 aliphatic heterocycles. The first-order valence-electron chi connectivity index (χ1n) is 6.96. The highest BCUT2D eigenvalue weighted by Crippen LogP contribution is 2.38. The summed E-state index contributed by atoms with van der Waals surface area (Å²) in [5.74, 6) is -2.88. The van der Waals surface area contributed by atoms with Crippen LogP contribution in [-0.4, -0.2) is 29.3 Å². The lowest BCUT2D eigenvalue weighted by Crippen LogP contribution is -2.27. The number of allylic oxidation sites excluding steroid dienone is 2. The minimum absolute atomic E-state index is 0.00734. The number of ether oxygens (including phenoxy) is 1. The summed E-state index contributed by atoms with van der Waals surface area (Å²) in [5.41, 5.74) is -0.0357. The fourth-order valence-corrected chi connectivity index (χ4v) is 2.67. The van der Waals surface area contributed by atoms with Gasteiger partial charge in [-0.25, -0.2) is 0 Å². The van der Waals surface area contributed by atoms with Gasteiger partial charge in [0.2, 0.25) is 0 Å². The average Bonchev–Trinajstić information content (AvgIpc) is 2.51. The van der Waals surface area contributed by atoms with Gasteiger partial charge >= 0.3 is 6.18 Å². The minimum Gasteiger partial charge on any atom is -0.507 e. The molecule has 0 atom stereocenters. The Morgan fingerprint density at radius 3 is 2.54 bits per heavy atom. The van der Waals surface area contributed by atoms with Crippen molar-refractivity contribution in [2.75, 3.05) is 7.11 Å². The van der Waals surface area contributed by atoms with E-state index in [1.54, 1.807) is 0 Å². The van der Waals surface area contributed by atoms with Crippen molar-refractivity contribution in [1.29, 1.82) is 0 Å². The highest BCUT2D eigenvalue weighted by Gasteiger charge is 2.42. The van der Waals surface area contributed by atoms with Gasteiger partial charge < -0.3 is 14.9 Å². The van der Waals surface area contributed by atoms with Gasteiger partial charge in [0.05, 0.1) is 12.1 Å². The molecule has 0 heterocycles. The van der Waals surface area contributed by atoms with Gasteiger partial charge in [0, 0.05) is 5.57 Å². The largest absolute Gasteiger partial charge is 0.507 e. The number of rotatable bonds is 3. The highest BCUT2D eigenvalue weighted by atomic mass is 35.5. The number of hydrogen-bond donors (Lipinski definition) is 2. The Kier molecular flexibility index (Phi) is 5.13. The first kappa shape index (κ1) is 18.2. The summed E-state index contributed by atoms with van der Waals surface area (Å²) in [6, 6.07) is 2.79. The summed E-state index contributed by atoms with van der Waals surface area (Å²) in [5, 5.41) is 19.7. The number of aromatic hydroxyl groups is 1. The standard InChI is InChI=1S/C16H14ClF3O4/c1-24-12-7-8(6-11(17)14(12)22)5-9-3-2-4-10(13(9)21)15(23)16(18,19)20/h5-7,21-22H,2-4H2,1H3/b9-5+. The number of hydrogen-bond acceptors (Lipinski definition) is 4. The number of alkyl halides is 3. The molecule has 0 fully saturated rings. The van der Waals surface area contributed by atoms with Crippen LogP contribution in [0.15, 0.2) is 29.0 Å². The smallest absolute Gasteiger partial charge is 0.454 e. The summed E-state index contributed by atoms with van der Waals surface area (Å²) in [7, 11) is 1.32. The van der Waals surface area contributed by atoms with Crippen molar-refractivity contribution in [3.8, 4) is 11.5 Å². The number of Topliss-reactive ketones (excluding diaryl/α,β-unsaturated/α-hetero) is 1. The maximum atomic E-state index is 12.6. The number of ketones is 1. The van der Waals surface area contributed by atoms with Crippen LogP contribution < -0.4 is 4.74 Å². The van der Waals surface area contributed by atoms with Gasteiger partial charge in [0.25, 0.3) is 5.78 Å². The van der Waals surface area contributed by atoms with E-state index in [-0.39, 0.29) is 28.5 Å². The van der Waals surface area contributed by atoms with Gasteiger partial charge in [-0.15, -0.1) is 0 Å². The SMILES string of the molecule is COc1cc(/C=C2\CCCC(C(=O)C(F)(F)F)=C2O)cc(Cl)c1O. The Hall–Kier alpha value is -2.15. The molecule has 1 aromatic rings. The Morgan fingerprint density at radius 1 is 1.29 bits per heavy atom. The van der Waals surface area contributed by atoms with Crippen LogP contribution in [0, 0.1) is 0 Å². The molecule has 1 aliphatic rings. The van der Waals surface area contributed by atoms with Crippen molar-refractivity contribution >= 4 is 23.5 Å². The van der Waals surface area contributed by atoms with E-state index >= 15 is 0 Å². The number of phenols is 1. The van der Waals surface area contributed by atoms with Gasteiger partial charge in [0.15, 0.2) is 11.5 Å². The predicted octanol–water partition coefficient (Wildman–Crippen LogP) is 4.57. The molecule has 8 heteroatoms. The van der Waals surface area contributed by atoms with Crippen LogP contribution in [-0.2, 0) is 4.79 Å². The molecule has 0 unspecified atom stereocenters. The zero-order valence-electron chi connectivity index (χ0n) is 12.6. The van der Waals surface area contributed by atoms with E-state index < -0.39 is 23.3 Å². The van der Waals surface area contributed by atoms with Crippen molar-refractivity contribution in [3.05, 3.63) is 39.6 Å². The molecule has 1 aliphatic carbocycles. The Morgan fingerprint density at radius 2 is 1.96 bits per heavy atom. The second kappa shape index (κ2) is 6.76. The number of aliphatic hydroxyl groups excluding tert-OH is 1. The van der Waals surface area contributed by atoms with Crippen LogP contribution in [0.5, 0.6) is 11.5 Å². The van der Waals surface area contributed by atoms with E-state index in [2.05, 4.69) is 0 Å². The van der Waals surface area contributed by atoms with E-state index in [1.807, 2.05) is 0 Å². The van der Waals surface area contributed by atoms with Gasteiger partial charge in [-0.05, 0) is 48.6 Å². The summed E-state index contributed by atoms with van der Waals surface area (Å²) in [6.45, 7) is 0. The zero-order valence-corrected chi connectivity index (χ0v) is 13.3. The number of carbonyl (C=O) groups excluding carboxylic acids is 1. The molecule has 1 aromatic carbocycles. The third-order valence-electron chi connectivity index (χ3n) is 3.61.